The average Bonchev–Trinajstić information content (AvgIpc) is 2.84. The number of furan rings is 1. The van der Waals surface area contributed by atoms with Crippen LogP contribution in [0.5, 0.6) is 5.75 Å². The second-order valence-corrected chi connectivity index (χ2v) is 4.75. The number of hydrogen-bond acceptors (Lipinski definition) is 3. The first-order valence-electron chi connectivity index (χ1n) is 5.49. The Morgan fingerprint density at radius 1 is 1.22 bits per heavy atom. The van der Waals surface area contributed by atoms with Gasteiger partial charge in [-0.3, -0.25) is 0 Å². The Balaban J connectivity index is 2.27. The molecule has 0 aliphatic heterocycles. The highest BCUT2D eigenvalue weighted by Gasteiger charge is 2.22. The number of nitrogens with two attached hydrogens (primary N) is 1. The van der Waals surface area contributed by atoms with E-state index >= 15 is 0 Å². The van der Waals surface area contributed by atoms with Crippen molar-refractivity contribution in [2.45, 2.75) is 19.1 Å². The maximum atomic E-state index is 6.08. The first kappa shape index (κ1) is 13.3. The summed E-state index contributed by atoms with van der Waals surface area (Å²) < 4.78 is 11.1. The topological polar surface area (TPSA) is 48.4 Å². The summed E-state index contributed by atoms with van der Waals surface area (Å²) in [7, 11) is 0. The molecular formula is C13H13Cl2NO2. The minimum Gasteiger partial charge on any atom is -0.479 e. The number of ether oxygens (including phenoxy) is 1. The van der Waals surface area contributed by atoms with Crippen molar-refractivity contribution in [2.24, 2.45) is 5.73 Å². The zero-order valence-corrected chi connectivity index (χ0v) is 11.3. The molecule has 96 valence electrons. The van der Waals surface area contributed by atoms with Crippen LogP contribution in [0.3, 0.4) is 0 Å². The minimum atomic E-state index is -0.407. The molecule has 1 aromatic heterocycles. The summed E-state index contributed by atoms with van der Waals surface area (Å²) in [5, 5.41) is 0.813. The van der Waals surface area contributed by atoms with Crippen LogP contribution in [0.15, 0.2) is 41.0 Å². The molecule has 0 saturated carbocycles. The van der Waals surface area contributed by atoms with Gasteiger partial charge in [-0.2, -0.15) is 0 Å². The van der Waals surface area contributed by atoms with Crippen molar-refractivity contribution in [1.82, 2.24) is 0 Å². The van der Waals surface area contributed by atoms with Crippen LogP contribution in [-0.2, 0) is 0 Å². The molecule has 0 fully saturated rings. The van der Waals surface area contributed by atoms with Crippen LogP contribution in [0.1, 0.15) is 18.8 Å². The molecule has 0 amide bonds. The van der Waals surface area contributed by atoms with Crippen LogP contribution in [0.4, 0.5) is 0 Å². The van der Waals surface area contributed by atoms with E-state index in [1.165, 1.54) is 0 Å². The molecule has 0 aliphatic rings. The van der Waals surface area contributed by atoms with Crippen molar-refractivity contribution in [2.75, 3.05) is 0 Å². The van der Waals surface area contributed by atoms with Crippen LogP contribution >= 0.6 is 23.2 Å². The standard InChI is InChI=1S/C13H13Cl2NO2/c1-8(16)13(11-6-3-7-17-11)18-10-5-2-4-9(14)12(10)15/h2-8,13H,16H2,1H3. The molecule has 1 aromatic carbocycles. The Kier molecular flexibility index (Phi) is 4.17. The third-order valence-electron chi connectivity index (χ3n) is 2.47. The molecule has 0 bridgehead atoms. The van der Waals surface area contributed by atoms with Gasteiger partial charge in [0.15, 0.2) is 6.10 Å². The highest BCUT2D eigenvalue weighted by atomic mass is 35.5. The smallest absolute Gasteiger partial charge is 0.171 e. The van der Waals surface area contributed by atoms with E-state index in [-0.39, 0.29) is 6.04 Å². The molecule has 1 heterocycles. The molecule has 2 unspecified atom stereocenters. The Morgan fingerprint density at radius 3 is 2.61 bits per heavy atom. The summed E-state index contributed by atoms with van der Waals surface area (Å²) in [6.07, 6.45) is 1.17. The summed E-state index contributed by atoms with van der Waals surface area (Å²) in [5.41, 5.74) is 5.90. The lowest BCUT2D eigenvalue weighted by Gasteiger charge is -2.21. The third-order valence-corrected chi connectivity index (χ3v) is 3.27. The zero-order valence-electron chi connectivity index (χ0n) is 9.77. The van der Waals surface area contributed by atoms with E-state index in [1.807, 2.05) is 13.0 Å². The minimum absolute atomic E-state index is 0.244. The maximum Gasteiger partial charge on any atom is 0.171 e. The molecular weight excluding hydrogens is 273 g/mol. The Morgan fingerprint density at radius 2 is 2.00 bits per heavy atom. The van der Waals surface area contributed by atoms with Gasteiger partial charge in [-0.05, 0) is 31.2 Å². The van der Waals surface area contributed by atoms with E-state index in [0.29, 0.717) is 21.6 Å². The Labute approximate surface area is 115 Å². The molecule has 5 heteroatoms. The third kappa shape index (κ3) is 2.80. The summed E-state index contributed by atoms with van der Waals surface area (Å²) in [4.78, 5) is 0. The summed E-state index contributed by atoms with van der Waals surface area (Å²) in [5.74, 6) is 1.14. The highest BCUT2D eigenvalue weighted by Crippen LogP contribution is 2.35. The molecule has 2 N–H and O–H groups in total. The van der Waals surface area contributed by atoms with E-state index in [2.05, 4.69) is 0 Å². The predicted octanol–water partition coefficient (Wildman–Crippen LogP) is 4.05. The number of hydrogen-bond donors (Lipinski definition) is 1. The van der Waals surface area contributed by atoms with Crippen molar-refractivity contribution in [3.8, 4) is 5.75 Å². The van der Waals surface area contributed by atoms with Gasteiger partial charge < -0.3 is 14.9 Å². The van der Waals surface area contributed by atoms with Gasteiger partial charge in [0.25, 0.3) is 0 Å². The molecule has 0 aliphatic carbocycles. The van der Waals surface area contributed by atoms with Gasteiger partial charge in [-0.1, -0.05) is 29.3 Å². The molecule has 2 aromatic rings. The summed E-state index contributed by atoms with van der Waals surface area (Å²) in [6, 6.07) is 8.56. The summed E-state index contributed by atoms with van der Waals surface area (Å²) in [6.45, 7) is 1.84. The van der Waals surface area contributed by atoms with Crippen molar-refractivity contribution in [3.05, 3.63) is 52.4 Å². The fourth-order valence-electron chi connectivity index (χ4n) is 1.59. The molecule has 3 nitrogen and oxygen atoms in total. The second kappa shape index (κ2) is 5.65. The van der Waals surface area contributed by atoms with Crippen LogP contribution in [0.25, 0.3) is 0 Å². The fourth-order valence-corrected chi connectivity index (χ4v) is 1.93. The monoisotopic (exact) mass is 285 g/mol. The lowest BCUT2D eigenvalue weighted by molar-refractivity contribution is 0.153. The van der Waals surface area contributed by atoms with Gasteiger partial charge in [0.1, 0.15) is 16.5 Å². The Hall–Kier alpha value is -1.16. The van der Waals surface area contributed by atoms with Crippen LogP contribution < -0.4 is 10.5 Å². The molecule has 0 radical (unpaired) electrons. The molecule has 2 rings (SSSR count). The van der Waals surface area contributed by atoms with Gasteiger partial charge >= 0.3 is 0 Å². The van der Waals surface area contributed by atoms with Gasteiger partial charge in [0.05, 0.1) is 11.3 Å². The number of rotatable bonds is 4. The number of benzene rings is 1. The average molecular weight is 286 g/mol. The van der Waals surface area contributed by atoms with Crippen molar-refractivity contribution in [1.29, 1.82) is 0 Å². The van der Waals surface area contributed by atoms with E-state index < -0.39 is 6.10 Å². The Bertz CT molecular complexity index is 512. The van der Waals surface area contributed by atoms with Gasteiger partial charge in [0.2, 0.25) is 0 Å². The lowest BCUT2D eigenvalue weighted by Crippen LogP contribution is -2.28. The van der Waals surface area contributed by atoms with Gasteiger partial charge in [-0.15, -0.1) is 0 Å². The second-order valence-electron chi connectivity index (χ2n) is 3.96. The number of halogens is 2. The fraction of sp³-hybridized carbons (Fsp3) is 0.231. The van der Waals surface area contributed by atoms with Crippen LogP contribution in [0, 0.1) is 0 Å². The SMILES string of the molecule is CC(N)C(Oc1cccc(Cl)c1Cl)c1ccco1. The van der Waals surface area contributed by atoms with Gasteiger partial charge in [0, 0.05) is 6.04 Å². The van der Waals surface area contributed by atoms with Gasteiger partial charge in [-0.25, -0.2) is 0 Å². The molecule has 2 atom stereocenters. The largest absolute Gasteiger partial charge is 0.479 e. The molecule has 18 heavy (non-hydrogen) atoms. The molecule has 0 saturated heterocycles. The van der Waals surface area contributed by atoms with Crippen LogP contribution in [-0.4, -0.2) is 6.04 Å². The van der Waals surface area contributed by atoms with E-state index in [4.69, 9.17) is 38.1 Å². The van der Waals surface area contributed by atoms with E-state index in [9.17, 15) is 0 Å². The quantitative estimate of drug-likeness (QED) is 0.922. The summed E-state index contributed by atoms with van der Waals surface area (Å²) >= 11 is 12.0. The normalized spacial score (nSPS) is 14.2. The lowest BCUT2D eigenvalue weighted by atomic mass is 10.1. The van der Waals surface area contributed by atoms with E-state index in [1.54, 1.807) is 30.5 Å². The predicted molar refractivity (Wildman–Crippen MR) is 72.2 cm³/mol. The van der Waals surface area contributed by atoms with Crippen molar-refractivity contribution in [3.63, 3.8) is 0 Å². The van der Waals surface area contributed by atoms with Crippen LogP contribution in [0.2, 0.25) is 10.0 Å². The maximum absolute atomic E-state index is 6.08. The first-order chi connectivity index (χ1) is 8.59. The highest BCUT2D eigenvalue weighted by molar-refractivity contribution is 6.42. The van der Waals surface area contributed by atoms with E-state index in [0.717, 1.165) is 0 Å². The van der Waals surface area contributed by atoms with Crippen molar-refractivity contribution >= 4 is 23.2 Å². The first-order valence-corrected chi connectivity index (χ1v) is 6.25. The molecule has 0 spiro atoms. The zero-order chi connectivity index (χ0) is 13.1. The van der Waals surface area contributed by atoms with Crippen molar-refractivity contribution < 1.29 is 9.15 Å².